The van der Waals surface area contributed by atoms with Gasteiger partial charge >= 0.3 is 0 Å². The zero-order valence-corrected chi connectivity index (χ0v) is 12.7. The maximum Gasteiger partial charge on any atom is 0.258 e. The Morgan fingerprint density at radius 2 is 2.05 bits per heavy atom. The minimum Gasteiger partial charge on any atom is -0.482 e. The molecule has 0 atom stereocenters. The molecule has 4 nitrogen and oxygen atoms in total. The van der Waals surface area contributed by atoms with Gasteiger partial charge in [-0.3, -0.25) is 4.79 Å². The molecule has 0 unspecified atom stereocenters. The zero-order chi connectivity index (χ0) is 15.3. The Kier molecular flexibility index (Phi) is 4.85. The summed E-state index contributed by atoms with van der Waals surface area (Å²) in [5, 5.41) is 12.0. The topological polar surface area (TPSA) is 62.1 Å². The third-order valence-electron chi connectivity index (χ3n) is 4.07. The molecule has 0 saturated heterocycles. The van der Waals surface area contributed by atoms with Gasteiger partial charge in [-0.2, -0.15) is 5.26 Å². The predicted octanol–water partition coefficient (Wildman–Crippen LogP) is 3.02. The third kappa shape index (κ3) is 4.49. The average Bonchev–Trinajstić information content (AvgIpc) is 2.47. The molecule has 0 bridgehead atoms. The van der Waals surface area contributed by atoms with Crippen molar-refractivity contribution < 1.29 is 9.53 Å². The summed E-state index contributed by atoms with van der Waals surface area (Å²) in [5.41, 5.74) is 0.841. The molecule has 1 aliphatic carbocycles. The van der Waals surface area contributed by atoms with Crippen molar-refractivity contribution in [3.8, 4) is 11.8 Å². The van der Waals surface area contributed by atoms with Crippen LogP contribution in [0.15, 0.2) is 24.3 Å². The van der Waals surface area contributed by atoms with Crippen molar-refractivity contribution in [3.63, 3.8) is 0 Å². The van der Waals surface area contributed by atoms with E-state index < -0.39 is 0 Å². The van der Waals surface area contributed by atoms with Crippen LogP contribution in [0.1, 0.15) is 45.1 Å². The van der Waals surface area contributed by atoms with E-state index in [9.17, 15) is 4.79 Å². The minimum absolute atomic E-state index is 0.0431. The average molecular weight is 286 g/mol. The molecule has 1 aromatic carbocycles. The first kappa shape index (κ1) is 15.4. The van der Waals surface area contributed by atoms with Crippen LogP contribution >= 0.6 is 0 Å². The third-order valence-corrected chi connectivity index (χ3v) is 4.07. The van der Waals surface area contributed by atoms with Gasteiger partial charge in [-0.25, -0.2) is 0 Å². The number of para-hydroxylation sites is 1. The van der Waals surface area contributed by atoms with Gasteiger partial charge in [0.2, 0.25) is 0 Å². The number of nitrogens with zero attached hydrogens (tertiary/aromatic N) is 1. The van der Waals surface area contributed by atoms with Crippen LogP contribution in [0.3, 0.4) is 0 Å². The molecule has 0 aromatic heterocycles. The van der Waals surface area contributed by atoms with Crippen molar-refractivity contribution in [3.05, 3.63) is 29.8 Å². The molecule has 1 aliphatic rings. The van der Waals surface area contributed by atoms with E-state index in [0.717, 1.165) is 25.7 Å². The van der Waals surface area contributed by atoms with Crippen LogP contribution in [-0.4, -0.2) is 18.6 Å². The van der Waals surface area contributed by atoms with E-state index in [-0.39, 0.29) is 18.6 Å². The molecule has 0 spiro atoms. The molecular weight excluding hydrogens is 264 g/mol. The minimum atomic E-state index is -0.118. The summed E-state index contributed by atoms with van der Waals surface area (Å²) < 4.78 is 5.44. The van der Waals surface area contributed by atoms with E-state index in [1.807, 2.05) is 0 Å². The number of hydrogen-bond acceptors (Lipinski definition) is 3. The number of amides is 1. The van der Waals surface area contributed by atoms with Crippen molar-refractivity contribution in [1.82, 2.24) is 5.32 Å². The van der Waals surface area contributed by atoms with Crippen molar-refractivity contribution >= 4 is 5.91 Å². The van der Waals surface area contributed by atoms with Gasteiger partial charge in [0.25, 0.3) is 5.91 Å². The second kappa shape index (κ2) is 6.62. The number of ether oxygens (including phenoxy) is 1. The second-order valence-corrected chi connectivity index (χ2v) is 6.40. The molecule has 112 valence electrons. The van der Waals surface area contributed by atoms with E-state index >= 15 is 0 Å². The Labute approximate surface area is 126 Å². The summed E-state index contributed by atoms with van der Waals surface area (Å²) in [6, 6.07) is 9.25. The Balaban J connectivity index is 1.79. The summed E-state index contributed by atoms with van der Waals surface area (Å²) >= 11 is 0. The van der Waals surface area contributed by atoms with Crippen LogP contribution in [0.25, 0.3) is 0 Å². The summed E-state index contributed by atoms with van der Waals surface area (Å²) in [6.45, 7) is 4.50. The fourth-order valence-electron chi connectivity index (χ4n) is 2.64. The fraction of sp³-hybridized carbons (Fsp3) is 0.529. The molecule has 4 heteroatoms. The molecule has 0 aliphatic heterocycles. The van der Waals surface area contributed by atoms with E-state index in [4.69, 9.17) is 10.00 Å². The largest absolute Gasteiger partial charge is 0.482 e. The summed E-state index contributed by atoms with van der Waals surface area (Å²) in [4.78, 5) is 11.9. The number of rotatable bonds is 4. The van der Waals surface area contributed by atoms with E-state index in [1.165, 1.54) is 0 Å². The van der Waals surface area contributed by atoms with E-state index in [1.54, 1.807) is 24.3 Å². The van der Waals surface area contributed by atoms with Crippen LogP contribution in [0.2, 0.25) is 0 Å². The first-order valence-electron chi connectivity index (χ1n) is 7.41. The fourth-order valence-corrected chi connectivity index (χ4v) is 2.64. The van der Waals surface area contributed by atoms with Crippen LogP contribution in [-0.2, 0) is 4.79 Å². The van der Waals surface area contributed by atoms with Crippen molar-refractivity contribution in [2.75, 3.05) is 6.61 Å². The van der Waals surface area contributed by atoms with Gasteiger partial charge in [0.05, 0.1) is 5.56 Å². The van der Waals surface area contributed by atoms with Crippen LogP contribution in [0.4, 0.5) is 0 Å². The maximum absolute atomic E-state index is 11.9. The molecular formula is C17H22N2O2. The highest BCUT2D eigenvalue weighted by Gasteiger charge is 2.27. The molecule has 1 N–H and O–H groups in total. The highest BCUT2D eigenvalue weighted by Crippen LogP contribution is 2.34. The Bertz CT molecular complexity index is 536. The monoisotopic (exact) mass is 286 g/mol. The van der Waals surface area contributed by atoms with E-state index in [0.29, 0.717) is 16.7 Å². The highest BCUT2D eigenvalue weighted by molar-refractivity contribution is 5.77. The van der Waals surface area contributed by atoms with E-state index in [2.05, 4.69) is 25.2 Å². The van der Waals surface area contributed by atoms with Gasteiger partial charge in [-0.1, -0.05) is 26.0 Å². The molecule has 0 radical (unpaired) electrons. The van der Waals surface area contributed by atoms with Gasteiger partial charge in [-0.05, 0) is 43.2 Å². The van der Waals surface area contributed by atoms with Crippen molar-refractivity contribution in [2.45, 2.75) is 45.6 Å². The number of nitriles is 1. The zero-order valence-electron chi connectivity index (χ0n) is 12.7. The standard InChI is InChI=1S/C17H22N2O2/c1-17(2)9-7-14(8-10-17)19-16(20)12-21-15-6-4-3-5-13(15)11-18/h3-6,14H,7-10,12H2,1-2H3,(H,19,20). The lowest BCUT2D eigenvalue weighted by molar-refractivity contribution is -0.124. The Morgan fingerprint density at radius 1 is 1.38 bits per heavy atom. The summed E-state index contributed by atoms with van der Waals surface area (Å²) in [5.74, 6) is 0.340. The number of benzene rings is 1. The van der Waals surface area contributed by atoms with Gasteiger partial charge in [0.1, 0.15) is 11.8 Å². The maximum atomic E-state index is 11.9. The van der Waals surface area contributed by atoms with Crippen LogP contribution in [0, 0.1) is 16.7 Å². The Morgan fingerprint density at radius 3 is 2.71 bits per heavy atom. The second-order valence-electron chi connectivity index (χ2n) is 6.40. The molecule has 1 saturated carbocycles. The lowest BCUT2D eigenvalue weighted by Crippen LogP contribution is -2.41. The van der Waals surface area contributed by atoms with Crippen molar-refractivity contribution in [1.29, 1.82) is 5.26 Å². The number of carbonyl (C=O) groups is 1. The lowest BCUT2D eigenvalue weighted by atomic mass is 9.75. The summed E-state index contributed by atoms with van der Waals surface area (Å²) in [6.07, 6.45) is 4.31. The van der Waals surface area contributed by atoms with Crippen LogP contribution in [0.5, 0.6) is 5.75 Å². The number of hydrogen-bond donors (Lipinski definition) is 1. The number of carbonyl (C=O) groups excluding carboxylic acids is 1. The highest BCUT2D eigenvalue weighted by atomic mass is 16.5. The smallest absolute Gasteiger partial charge is 0.258 e. The van der Waals surface area contributed by atoms with Gasteiger partial charge in [-0.15, -0.1) is 0 Å². The number of nitrogens with one attached hydrogen (secondary N) is 1. The van der Waals surface area contributed by atoms with Gasteiger partial charge in [0.15, 0.2) is 6.61 Å². The van der Waals surface area contributed by atoms with Gasteiger partial charge in [0, 0.05) is 6.04 Å². The normalized spacial score (nSPS) is 17.8. The predicted molar refractivity (Wildman–Crippen MR) is 80.8 cm³/mol. The quantitative estimate of drug-likeness (QED) is 0.925. The molecule has 1 amide bonds. The first-order valence-corrected chi connectivity index (χ1v) is 7.41. The SMILES string of the molecule is CC1(C)CCC(NC(=O)COc2ccccc2C#N)CC1. The lowest BCUT2D eigenvalue weighted by Gasteiger charge is -2.34. The Hall–Kier alpha value is -2.02. The first-order chi connectivity index (χ1) is 10.00. The molecule has 2 rings (SSSR count). The van der Waals surface area contributed by atoms with Crippen molar-refractivity contribution in [2.24, 2.45) is 5.41 Å². The van der Waals surface area contributed by atoms with Crippen LogP contribution < -0.4 is 10.1 Å². The molecule has 0 heterocycles. The molecule has 1 aromatic rings. The molecule has 1 fully saturated rings. The van der Waals surface area contributed by atoms with Gasteiger partial charge < -0.3 is 10.1 Å². The molecule has 21 heavy (non-hydrogen) atoms. The summed E-state index contributed by atoms with van der Waals surface area (Å²) in [7, 11) is 0.